The smallest absolute Gasteiger partial charge is 0.252 e. The van der Waals surface area contributed by atoms with Gasteiger partial charge in [-0.25, -0.2) is 8.42 Å². The van der Waals surface area contributed by atoms with E-state index >= 15 is 0 Å². The molecule has 0 radical (unpaired) electrons. The fourth-order valence-corrected chi connectivity index (χ4v) is 4.13. The van der Waals surface area contributed by atoms with Crippen molar-refractivity contribution in [3.05, 3.63) is 34.9 Å². The number of carbonyl (C=O) groups excluding carboxylic acids is 2. The van der Waals surface area contributed by atoms with Gasteiger partial charge in [-0.1, -0.05) is 23.7 Å². The highest BCUT2D eigenvalue weighted by Gasteiger charge is 2.28. The van der Waals surface area contributed by atoms with E-state index < -0.39 is 9.84 Å². The summed E-state index contributed by atoms with van der Waals surface area (Å²) in [5.41, 5.74) is 0.353. The predicted octanol–water partition coefficient (Wildman–Crippen LogP) is 0.763. The van der Waals surface area contributed by atoms with Gasteiger partial charge in [0.1, 0.15) is 0 Å². The highest BCUT2D eigenvalue weighted by atomic mass is 35.5. The first-order chi connectivity index (χ1) is 10.4. The van der Waals surface area contributed by atoms with Gasteiger partial charge >= 0.3 is 0 Å². The maximum absolute atomic E-state index is 11.9. The number of nitrogens with one attached hydrogen (secondary N) is 2. The average Bonchev–Trinajstić information content (AvgIpc) is 2.78. The Kier molecular flexibility index (Phi) is 5.42. The first-order valence-corrected chi connectivity index (χ1v) is 9.10. The maximum Gasteiger partial charge on any atom is 0.252 e. The van der Waals surface area contributed by atoms with Crippen LogP contribution in [0.3, 0.4) is 0 Å². The molecule has 1 saturated heterocycles. The molecule has 0 bridgehead atoms. The summed E-state index contributed by atoms with van der Waals surface area (Å²) < 4.78 is 22.6. The van der Waals surface area contributed by atoms with Crippen molar-refractivity contribution in [3.8, 4) is 0 Å². The largest absolute Gasteiger partial charge is 0.352 e. The van der Waals surface area contributed by atoms with E-state index in [4.69, 9.17) is 11.6 Å². The topological polar surface area (TPSA) is 92.3 Å². The van der Waals surface area contributed by atoms with E-state index in [1.54, 1.807) is 24.3 Å². The standard InChI is InChI=1S/C14H17ClN2O4S/c15-12-4-2-1-3-11(12)14(19)16-7-5-13(18)17-10-6-8-22(20,21)9-10/h1-4,10H,5-9H2,(H,16,19)(H,17,18)/t10-/m1/s1. The van der Waals surface area contributed by atoms with Crippen molar-refractivity contribution in [2.24, 2.45) is 0 Å². The van der Waals surface area contributed by atoms with E-state index in [-0.39, 0.29) is 42.3 Å². The summed E-state index contributed by atoms with van der Waals surface area (Å²) in [6.07, 6.45) is 0.535. The minimum Gasteiger partial charge on any atom is -0.352 e. The zero-order valence-electron chi connectivity index (χ0n) is 11.8. The van der Waals surface area contributed by atoms with Gasteiger partial charge in [0.25, 0.3) is 5.91 Å². The molecule has 1 atom stereocenters. The molecule has 8 heteroatoms. The van der Waals surface area contributed by atoms with Gasteiger partial charge < -0.3 is 10.6 Å². The van der Waals surface area contributed by atoms with Gasteiger partial charge in [0.05, 0.1) is 22.1 Å². The molecule has 0 spiro atoms. The van der Waals surface area contributed by atoms with Gasteiger partial charge in [0, 0.05) is 19.0 Å². The summed E-state index contributed by atoms with van der Waals surface area (Å²) in [6, 6.07) is 6.32. The molecule has 22 heavy (non-hydrogen) atoms. The van der Waals surface area contributed by atoms with Crippen molar-refractivity contribution in [1.82, 2.24) is 10.6 Å². The number of carbonyl (C=O) groups is 2. The zero-order valence-corrected chi connectivity index (χ0v) is 13.4. The summed E-state index contributed by atoms with van der Waals surface area (Å²) in [5.74, 6) is -0.519. The molecule has 1 aromatic rings. The van der Waals surface area contributed by atoms with Crippen LogP contribution in [0.5, 0.6) is 0 Å². The molecule has 1 fully saturated rings. The van der Waals surface area contributed by atoms with Crippen LogP contribution >= 0.6 is 11.6 Å². The number of sulfone groups is 1. The normalized spacial score (nSPS) is 19.6. The molecule has 0 aromatic heterocycles. The van der Waals surface area contributed by atoms with E-state index in [2.05, 4.69) is 10.6 Å². The lowest BCUT2D eigenvalue weighted by molar-refractivity contribution is -0.121. The fourth-order valence-electron chi connectivity index (χ4n) is 2.24. The molecule has 120 valence electrons. The van der Waals surface area contributed by atoms with E-state index in [1.165, 1.54) is 0 Å². The molecular weight excluding hydrogens is 328 g/mol. The Morgan fingerprint density at radius 1 is 1.27 bits per heavy atom. The molecule has 6 nitrogen and oxygen atoms in total. The van der Waals surface area contributed by atoms with Crippen LogP contribution in [0.1, 0.15) is 23.2 Å². The van der Waals surface area contributed by atoms with Crippen LogP contribution in [0.4, 0.5) is 0 Å². The first kappa shape index (κ1) is 16.8. The maximum atomic E-state index is 11.9. The highest BCUT2D eigenvalue weighted by Crippen LogP contribution is 2.14. The second kappa shape index (κ2) is 7.11. The Morgan fingerprint density at radius 2 is 2.00 bits per heavy atom. The molecule has 2 rings (SSSR count). The predicted molar refractivity (Wildman–Crippen MR) is 83.6 cm³/mol. The third-order valence-corrected chi connectivity index (χ3v) is 5.45. The number of amides is 2. The molecule has 0 saturated carbocycles. The average molecular weight is 345 g/mol. The molecular formula is C14H17ClN2O4S. The molecule has 2 N–H and O–H groups in total. The summed E-state index contributed by atoms with van der Waals surface area (Å²) in [6.45, 7) is 0.162. The molecule has 1 aliphatic heterocycles. The Bertz CT molecular complexity index is 675. The van der Waals surface area contributed by atoms with Crippen LogP contribution in [-0.4, -0.2) is 44.3 Å². The van der Waals surface area contributed by atoms with Crippen LogP contribution in [0.15, 0.2) is 24.3 Å². The van der Waals surface area contributed by atoms with Crippen molar-refractivity contribution < 1.29 is 18.0 Å². The van der Waals surface area contributed by atoms with Crippen LogP contribution in [-0.2, 0) is 14.6 Å². The summed E-state index contributed by atoms with van der Waals surface area (Å²) in [5, 5.41) is 5.62. The minimum absolute atomic E-state index is 0.00920. The van der Waals surface area contributed by atoms with E-state index in [1.807, 2.05) is 0 Å². The zero-order chi connectivity index (χ0) is 16.2. The number of hydrogen-bond acceptors (Lipinski definition) is 4. The Labute approximate surface area is 134 Å². The third kappa shape index (κ3) is 4.71. The second-order valence-electron chi connectivity index (χ2n) is 5.15. The van der Waals surface area contributed by atoms with Crippen molar-refractivity contribution in [2.75, 3.05) is 18.1 Å². The minimum atomic E-state index is -3.01. The lowest BCUT2D eigenvalue weighted by Gasteiger charge is -2.11. The Hall–Kier alpha value is -1.60. The SMILES string of the molecule is O=C(CCNC(=O)c1ccccc1Cl)N[C@@H]1CCS(=O)(=O)C1. The highest BCUT2D eigenvalue weighted by molar-refractivity contribution is 7.91. The van der Waals surface area contributed by atoms with Crippen LogP contribution < -0.4 is 10.6 Å². The van der Waals surface area contributed by atoms with Crippen LogP contribution in [0.25, 0.3) is 0 Å². The molecule has 1 heterocycles. The van der Waals surface area contributed by atoms with Gasteiger partial charge in [0.2, 0.25) is 5.91 Å². The fraction of sp³-hybridized carbons (Fsp3) is 0.429. The van der Waals surface area contributed by atoms with Crippen molar-refractivity contribution in [3.63, 3.8) is 0 Å². The Morgan fingerprint density at radius 3 is 2.64 bits per heavy atom. The lowest BCUT2D eigenvalue weighted by atomic mass is 10.2. The quantitative estimate of drug-likeness (QED) is 0.825. The summed E-state index contributed by atoms with van der Waals surface area (Å²) in [7, 11) is -3.01. The Balaban J connectivity index is 1.73. The van der Waals surface area contributed by atoms with E-state index in [0.717, 1.165) is 0 Å². The lowest BCUT2D eigenvalue weighted by Crippen LogP contribution is -2.37. The monoisotopic (exact) mass is 344 g/mol. The number of rotatable bonds is 5. The van der Waals surface area contributed by atoms with Gasteiger partial charge in [-0.2, -0.15) is 0 Å². The number of hydrogen-bond donors (Lipinski definition) is 2. The molecule has 1 aromatic carbocycles. The third-order valence-electron chi connectivity index (χ3n) is 3.35. The molecule has 2 amide bonds. The van der Waals surface area contributed by atoms with Gasteiger partial charge in [-0.3, -0.25) is 9.59 Å². The summed E-state index contributed by atoms with van der Waals surface area (Å²) >= 11 is 5.90. The van der Waals surface area contributed by atoms with E-state index in [0.29, 0.717) is 17.0 Å². The van der Waals surface area contributed by atoms with Crippen molar-refractivity contribution in [2.45, 2.75) is 18.9 Å². The molecule has 0 aliphatic carbocycles. The molecule has 1 aliphatic rings. The van der Waals surface area contributed by atoms with Crippen LogP contribution in [0, 0.1) is 0 Å². The first-order valence-electron chi connectivity index (χ1n) is 6.90. The number of benzene rings is 1. The van der Waals surface area contributed by atoms with Crippen molar-refractivity contribution in [1.29, 1.82) is 0 Å². The van der Waals surface area contributed by atoms with Crippen molar-refractivity contribution >= 4 is 33.3 Å². The van der Waals surface area contributed by atoms with Gasteiger partial charge in [-0.05, 0) is 18.6 Å². The number of halogens is 1. The van der Waals surface area contributed by atoms with Crippen LogP contribution in [0.2, 0.25) is 5.02 Å². The van der Waals surface area contributed by atoms with Gasteiger partial charge in [0.15, 0.2) is 9.84 Å². The second-order valence-corrected chi connectivity index (χ2v) is 7.79. The van der Waals surface area contributed by atoms with E-state index in [9.17, 15) is 18.0 Å². The molecule has 0 unspecified atom stereocenters. The van der Waals surface area contributed by atoms with Gasteiger partial charge in [-0.15, -0.1) is 0 Å². The summed E-state index contributed by atoms with van der Waals surface area (Å²) in [4.78, 5) is 23.6.